The van der Waals surface area contributed by atoms with E-state index in [9.17, 15) is 4.57 Å². The average molecular weight is 188 g/mol. The van der Waals surface area contributed by atoms with Crippen LogP contribution in [0.1, 0.15) is 0 Å². The first kappa shape index (κ1) is 9.81. The summed E-state index contributed by atoms with van der Waals surface area (Å²) in [4.78, 5) is 0. The topological polar surface area (TPSA) is 59.3 Å². The van der Waals surface area contributed by atoms with Gasteiger partial charge in [-0.25, -0.2) is 12.5 Å². The second kappa shape index (κ2) is 4.60. The highest BCUT2D eigenvalue weighted by Gasteiger charge is 2.18. The zero-order valence-corrected chi connectivity index (χ0v) is 7.52. The molecular formula is C2H7NO3PS2. The number of hydrogen-bond acceptors (Lipinski definition) is 5. The van der Waals surface area contributed by atoms with Crippen LogP contribution in [-0.2, 0) is 12.5 Å². The molecule has 0 spiro atoms. The fraction of sp³-hybridized carbons (Fsp3) is 1.00. The molecule has 0 amide bonds. The lowest BCUT2D eigenvalue weighted by molar-refractivity contribution is 0.432. The highest BCUT2D eigenvalue weighted by atomic mass is 32.2. The molecule has 0 aromatic heterocycles. The van der Waals surface area contributed by atoms with E-state index in [2.05, 4.69) is 7.94 Å². The Morgan fingerprint density at radius 3 is 1.89 bits per heavy atom. The van der Waals surface area contributed by atoms with Crippen LogP contribution in [0.5, 0.6) is 0 Å². The van der Waals surface area contributed by atoms with Crippen molar-refractivity contribution in [3.63, 3.8) is 0 Å². The summed E-state index contributed by atoms with van der Waals surface area (Å²) in [6.07, 6.45) is 3.15. The summed E-state index contributed by atoms with van der Waals surface area (Å²) in [6.45, 7) is 0. The van der Waals surface area contributed by atoms with E-state index in [1.54, 1.807) is 12.5 Å². The Kier molecular flexibility index (Phi) is 5.01. The molecule has 0 aromatic rings. The maximum absolute atomic E-state index is 10.6. The predicted octanol–water partition coefficient (Wildman–Crippen LogP) is 1.97. The van der Waals surface area contributed by atoms with E-state index in [0.29, 0.717) is 0 Å². The maximum Gasteiger partial charge on any atom is 0.441 e. The van der Waals surface area contributed by atoms with Gasteiger partial charge in [-0.2, -0.15) is 0 Å². The Morgan fingerprint density at radius 1 is 1.33 bits per heavy atom. The van der Waals surface area contributed by atoms with E-state index in [1.807, 2.05) is 0 Å². The third-order valence-corrected chi connectivity index (χ3v) is 3.11. The first-order valence-electron chi connectivity index (χ1n) is 1.92. The molecule has 0 unspecified atom stereocenters. The molecule has 0 aromatic carbocycles. The smallest absolute Gasteiger partial charge is 0.238 e. The molecule has 0 bridgehead atoms. The third kappa shape index (κ3) is 5.26. The quantitative estimate of drug-likeness (QED) is 0.498. The van der Waals surface area contributed by atoms with Gasteiger partial charge < -0.3 is 0 Å². The summed E-state index contributed by atoms with van der Waals surface area (Å²) in [6, 6.07) is 0. The number of hydrogen-bond donors (Lipinski definition) is 0. The average Bonchev–Trinajstić information content (AvgIpc) is 1.64. The minimum absolute atomic E-state index is 0.860. The van der Waals surface area contributed by atoms with Crippen molar-refractivity contribution in [2.24, 2.45) is 0 Å². The Hall–Kier alpha value is 0.810. The normalized spacial score (nSPS) is 11.9. The van der Waals surface area contributed by atoms with Crippen LogP contribution in [0.4, 0.5) is 0 Å². The van der Waals surface area contributed by atoms with Gasteiger partial charge in [0.05, 0.1) is 0 Å². The lowest BCUT2D eigenvalue weighted by Gasteiger charge is -2.05. The van der Waals surface area contributed by atoms with Crippen LogP contribution in [0.3, 0.4) is 0 Å². The van der Waals surface area contributed by atoms with E-state index in [0.717, 1.165) is 24.1 Å². The monoisotopic (exact) mass is 188 g/mol. The van der Waals surface area contributed by atoms with Gasteiger partial charge in [0.25, 0.3) is 0 Å². The van der Waals surface area contributed by atoms with Crippen molar-refractivity contribution in [1.29, 1.82) is 0 Å². The summed E-state index contributed by atoms with van der Waals surface area (Å²) in [5.41, 5.74) is 6.80. The molecule has 0 saturated carbocycles. The van der Waals surface area contributed by atoms with Crippen molar-refractivity contribution in [3.05, 3.63) is 0 Å². The highest BCUT2D eigenvalue weighted by Crippen LogP contribution is 2.48. The van der Waals surface area contributed by atoms with Crippen LogP contribution >= 0.6 is 31.8 Å². The number of rotatable bonds is 4. The first-order valence-corrected chi connectivity index (χ1v) is 5.76. The van der Waals surface area contributed by atoms with Crippen LogP contribution in [0, 0.1) is 0 Å². The zero-order valence-electron chi connectivity index (χ0n) is 4.99. The second-order valence-corrected chi connectivity index (χ2v) is 3.83. The van der Waals surface area contributed by atoms with Crippen LogP contribution in [0.25, 0.3) is 0 Å². The minimum atomic E-state index is -3.52. The lowest BCUT2D eigenvalue weighted by Crippen LogP contribution is -1.82. The van der Waals surface area contributed by atoms with Gasteiger partial charge in [0.1, 0.15) is 0 Å². The molecule has 0 aliphatic rings. The van der Waals surface area contributed by atoms with Gasteiger partial charge in [0.2, 0.25) is 0 Å². The molecule has 0 atom stereocenters. The van der Waals surface area contributed by atoms with Crippen LogP contribution < -0.4 is 5.50 Å². The summed E-state index contributed by atoms with van der Waals surface area (Å²) in [5.74, 6) is 0. The fourth-order valence-corrected chi connectivity index (χ4v) is 2.10. The summed E-state index contributed by atoms with van der Waals surface area (Å²) < 4.78 is 19.3. The van der Waals surface area contributed by atoms with Gasteiger partial charge in [0, 0.05) is 12.5 Å². The molecule has 1 radical (unpaired) electrons. The fourth-order valence-electron chi connectivity index (χ4n) is 0.209. The summed E-state index contributed by atoms with van der Waals surface area (Å²) in [7, 11) is -3.52. The lowest BCUT2D eigenvalue weighted by atomic mass is 12.0. The second-order valence-electron chi connectivity index (χ2n) is 0.980. The minimum Gasteiger partial charge on any atom is -0.238 e. The zero-order chi connectivity index (χ0) is 7.33. The van der Waals surface area contributed by atoms with Crippen LogP contribution in [-0.4, -0.2) is 12.5 Å². The van der Waals surface area contributed by atoms with E-state index >= 15 is 0 Å². The van der Waals surface area contributed by atoms with Crippen molar-refractivity contribution < 1.29 is 12.5 Å². The van der Waals surface area contributed by atoms with E-state index in [1.165, 1.54) is 0 Å². The number of nitrogens with one attached hydrogen (secondary N) is 1. The summed E-state index contributed by atoms with van der Waals surface area (Å²) in [5, 5.41) is 0. The van der Waals surface area contributed by atoms with Gasteiger partial charge in [-0.15, -0.1) is 5.50 Å². The Bertz CT molecular complexity index is 110. The molecule has 0 aliphatic carbocycles. The Labute approximate surface area is 62.9 Å². The molecule has 0 rings (SSSR count). The molecule has 1 N–H and O–H groups in total. The molecule has 55 valence electrons. The molecule has 0 heterocycles. The SMILES string of the molecule is CSOP([NH])(=O)OSC. The Balaban J connectivity index is 3.58. The molecule has 0 saturated heterocycles. The van der Waals surface area contributed by atoms with Crippen molar-refractivity contribution in [2.45, 2.75) is 0 Å². The van der Waals surface area contributed by atoms with E-state index < -0.39 is 7.75 Å². The molecule has 4 nitrogen and oxygen atoms in total. The van der Waals surface area contributed by atoms with Crippen molar-refractivity contribution in [2.75, 3.05) is 12.5 Å². The molecule has 7 heteroatoms. The summed E-state index contributed by atoms with van der Waals surface area (Å²) >= 11 is 1.72. The molecular weight excluding hydrogens is 181 g/mol. The van der Waals surface area contributed by atoms with Crippen LogP contribution in [0.15, 0.2) is 0 Å². The van der Waals surface area contributed by atoms with Crippen LogP contribution in [0.2, 0.25) is 0 Å². The largest absolute Gasteiger partial charge is 0.441 e. The van der Waals surface area contributed by atoms with Gasteiger partial charge in [-0.1, -0.05) is 0 Å². The van der Waals surface area contributed by atoms with Crippen molar-refractivity contribution in [3.8, 4) is 0 Å². The molecule has 0 fully saturated rings. The van der Waals surface area contributed by atoms with Crippen molar-refractivity contribution >= 4 is 31.8 Å². The maximum atomic E-state index is 10.6. The standard InChI is InChI=1S/C2H7NO3PS2/c1-8-5-7(3,4)6-9-2/h3H,1-2H3. The molecule has 9 heavy (non-hydrogen) atoms. The predicted molar refractivity (Wildman–Crippen MR) is 39.9 cm³/mol. The highest BCUT2D eigenvalue weighted by molar-refractivity contribution is 8.00. The Morgan fingerprint density at radius 2 is 1.67 bits per heavy atom. The van der Waals surface area contributed by atoms with Gasteiger partial charge in [-0.3, -0.25) is 0 Å². The van der Waals surface area contributed by atoms with Gasteiger partial charge >= 0.3 is 7.75 Å². The van der Waals surface area contributed by atoms with Crippen molar-refractivity contribution in [1.82, 2.24) is 5.50 Å². The first-order chi connectivity index (χ1) is 4.12. The van der Waals surface area contributed by atoms with E-state index in [4.69, 9.17) is 5.50 Å². The molecule has 0 aliphatic heterocycles. The third-order valence-electron chi connectivity index (χ3n) is 0.345. The van der Waals surface area contributed by atoms with Gasteiger partial charge in [-0.05, 0) is 24.1 Å². The van der Waals surface area contributed by atoms with Gasteiger partial charge in [0.15, 0.2) is 0 Å². The van der Waals surface area contributed by atoms with E-state index in [-0.39, 0.29) is 0 Å².